The van der Waals surface area contributed by atoms with E-state index in [1.54, 1.807) is 6.92 Å². The van der Waals surface area contributed by atoms with Crippen LogP contribution in [0.1, 0.15) is 24.2 Å². The number of carbonyl (C=O) groups is 2. The number of carboxylic acid groups (broad SMARTS) is 1. The molecule has 0 spiro atoms. The Morgan fingerprint density at radius 3 is 2.72 bits per heavy atom. The highest BCUT2D eigenvalue weighted by molar-refractivity contribution is 6.32. The standard InChI is InChI=1S/C12H14ClNO4/c1-3-14-11(15)7(2)18-10-8(12(16)17)5-4-6-9(10)13/h4-7H,3H2,1-2H3,(H,14,15)(H,16,17). The number of likely N-dealkylation sites (N-methyl/N-ethyl adjacent to an activating group) is 1. The Labute approximate surface area is 110 Å². The summed E-state index contributed by atoms with van der Waals surface area (Å²) in [5.41, 5.74) is -0.0707. The van der Waals surface area contributed by atoms with E-state index in [-0.39, 0.29) is 22.2 Å². The van der Waals surface area contributed by atoms with Crippen LogP contribution in [-0.4, -0.2) is 29.6 Å². The lowest BCUT2D eigenvalue weighted by atomic mass is 10.2. The number of hydrogen-bond donors (Lipinski definition) is 2. The molecule has 0 aliphatic rings. The number of para-hydroxylation sites is 1. The van der Waals surface area contributed by atoms with Crippen molar-refractivity contribution in [3.63, 3.8) is 0 Å². The highest BCUT2D eigenvalue weighted by Gasteiger charge is 2.20. The highest BCUT2D eigenvalue weighted by Crippen LogP contribution is 2.29. The summed E-state index contributed by atoms with van der Waals surface area (Å²) in [5.74, 6) is -1.48. The van der Waals surface area contributed by atoms with Gasteiger partial charge in [-0.25, -0.2) is 4.79 Å². The number of nitrogens with one attached hydrogen (secondary N) is 1. The predicted octanol–water partition coefficient (Wildman–Crippen LogP) is 1.94. The molecule has 0 bridgehead atoms. The molecule has 1 aromatic carbocycles. The van der Waals surface area contributed by atoms with Crippen molar-refractivity contribution >= 4 is 23.5 Å². The number of amides is 1. The Morgan fingerprint density at radius 1 is 1.50 bits per heavy atom. The van der Waals surface area contributed by atoms with E-state index in [2.05, 4.69) is 5.32 Å². The molecule has 0 aromatic heterocycles. The van der Waals surface area contributed by atoms with Crippen molar-refractivity contribution in [1.29, 1.82) is 0 Å². The fourth-order valence-electron chi connectivity index (χ4n) is 1.35. The van der Waals surface area contributed by atoms with Crippen molar-refractivity contribution in [2.75, 3.05) is 6.54 Å². The molecule has 1 unspecified atom stereocenters. The molecule has 5 nitrogen and oxygen atoms in total. The first-order valence-corrected chi connectivity index (χ1v) is 5.81. The molecule has 98 valence electrons. The number of rotatable bonds is 5. The number of halogens is 1. The maximum atomic E-state index is 11.5. The smallest absolute Gasteiger partial charge is 0.339 e. The Kier molecular flexibility index (Phi) is 4.97. The molecule has 0 saturated carbocycles. The van der Waals surface area contributed by atoms with E-state index < -0.39 is 12.1 Å². The van der Waals surface area contributed by atoms with Gasteiger partial charge < -0.3 is 15.2 Å². The van der Waals surface area contributed by atoms with E-state index in [4.69, 9.17) is 21.4 Å². The number of carbonyl (C=O) groups excluding carboxylic acids is 1. The first-order chi connectivity index (χ1) is 8.47. The van der Waals surface area contributed by atoms with Gasteiger partial charge in [-0.3, -0.25) is 4.79 Å². The third-order valence-electron chi connectivity index (χ3n) is 2.21. The van der Waals surface area contributed by atoms with Crippen molar-refractivity contribution in [3.8, 4) is 5.75 Å². The van der Waals surface area contributed by atoms with Gasteiger partial charge in [0.25, 0.3) is 5.91 Å². The van der Waals surface area contributed by atoms with E-state index in [1.807, 2.05) is 0 Å². The van der Waals surface area contributed by atoms with Crippen LogP contribution in [0.15, 0.2) is 18.2 Å². The van der Waals surface area contributed by atoms with Crippen LogP contribution in [0.2, 0.25) is 5.02 Å². The first-order valence-electron chi connectivity index (χ1n) is 5.43. The largest absolute Gasteiger partial charge is 0.478 e. The summed E-state index contributed by atoms with van der Waals surface area (Å²) < 4.78 is 5.33. The van der Waals surface area contributed by atoms with Gasteiger partial charge in [0.1, 0.15) is 5.56 Å². The van der Waals surface area contributed by atoms with Crippen LogP contribution in [0.25, 0.3) is 0 Å². The van der Waals surface area contributed by atoms with Crippen LogP contribution in [0.3, 0.4) is 0 Å². The van der Waals surface area contributed by atoms with Gasteiger partial charge in [0.15, 0.2) is 11.9 Å². The van der Waals surface area contributed by atoms with E-state index >= 15 is 0 Å². The monoisotopic (exact) mass is 271 g/mol. The van der Waals surface area contributed by atoms with Gasteiger partial charge in [0.05, 0.1) is 5.02 Å². The minimum absolute atomic E-state index is 0.00502. The second kappa shape index (κ2) is 6.26. The molecule has 0 aliphatic carbocycles. The molecule has 0 heterocycles. The Morgan fingerprint density at radius 2 is 2.17 bits per heavy atom. The minimum atomic E-state index is -1.16. The van der Waals surface area contributed by atoms with E-state index in [0.717, 1.165) is 0 Å². The maximum Gasteiger partial charge on any atom is 0.339 e. The number of benzene rings is 1. The Bertz CT molecular complexity index is 461. The lowest BCUT2D eigenvalue weighted by Gasteiger charge is -2.16. The maximum absolute atomic E-state index is 11.5. The van der Waals surface area contributed by atoms with Gasteiger partial charge >= 0.3 is 5.97 Å². The summed E-state index contributed by atoms with van der Waals surface area (Å²) in [6.07, 6.45) is -0.817. The lowest BCUT2D eigenvalue weighted by molar-refractivity contribution is -0.127. The quantitative estimate of drug-likeness (QED) is 0.858. The van der Waals surface area contributed by atoms with Crippen molar-refractivity contribution < 1.29 is 19.4 Å². The molecule has 1 aromatic rings. The van der Waals surface area contributed by atoms with Crippen LogP contribution >= 0.6 is 11.6 Å². The third-order valence-corrected chi connectivity index (χ3v) is 2.51. The zero-order chi connectivity index (χ0) is 13.7. The highest BCUT2D eigenvalue weighted by atomic mass is 35.5. The molecule has 18 heavy (non-hydrogen) atoms. The molecule has 1 rings (SSSR count). The second-order valence-electron chi connectivity index (χ2n) is 3.58. The van der Waals surface area contributed by atoms with Gasteiger partial charge in [0, 0.05) is 6.54 Å². The van der Waals surface area contributed by atoms with Crippen molar-refractivity contribution in [1.82, 2.24) is 5.32 Å². The lowest BCUT2D eigenvalue weighted by Crippen LogP contribution is -2.36. The normalized spacial score (nSPS) is 11.7. The molecule has 0 aliphatic heterocycles. The predicted molar refractivity (Wildman–Crippen MR) is 67.2 cm³/mol. The first kappa shape index (κ1) is 14.3. The average molecular weight is 272 g/mol. The molecule has 1 amide bonds. The molecule has 2 N–H and O–H groups in total. The Hall–Kier alpha value is -1.75. The van der Waals surface area contributed by atoms with Crippen molar-refractivity contribution in [2.24, 2.45) is 0 Å². The molecule has 0 radical (unpaired) electrons. The van der Waals surface area contributed by atoms with E-state index in [0.29, 0.717) is 6.54 Å². The second-order valence-corrected chi connectivity index (χ2v) is 3.98. The summed E-state index contributed by atoms with van der Waals surface area (Å²) in [4.78, 5) is 22.5. The van der Waals surface area contributed by atoms with Gasteiger partial charge in [-0.15, -0.1) is 0 Å². The SMILES string of the molecule is CCNC(=O)C(C)Oc1c(Cl)cccc1C(=O)O. The zero-order valence-corrected chi connectivity index (χ0v) is 10.8. The molecule has 0 fully saturated rings. The summed E-state index contributed by atoms with van der Waals surface area (Å²) in [6.45, 7) is 3.78. The van der Waals surface area contributed by atoms with Crippen LogP contribution in [0, 0.1) is 0 Å². The number of aromatic carboxylic acids is 1. The van der Waals surface area contributed by atoms with E-state index in [1.165, 1.54) is 25.1 Å². The van der Waals surface area contributed by atoms with Crippen LogP contribution < -0.4 is 10.1 Å². The van der Waals surface area contributed by atoms with Gasteiger partial charge in [-0.05, 0) is 26.0 Å². The fraction of sp³-hybridized carbons (Fsp3) is 0.333. The van der Waals surface area contributed by atoms with Crippen molar-refractivity contribution in [3.05, 3.63) is 28.8 Å². The van der Waals surface area contributed by atoms with Crippen molar-refractivity contribution in [2.45, 2.75) is 20.0 Å². The summed E-state index contributed by atoms with van der Waals surface area (Å²) in [5, 5.41) is 11.7. The summed E-state index contributed by atoms with van der Waals surface area (Å²) in [7, 11) is 0. The number of ether oxygens (including phenoxy) is 1. The van der Waals surface area contributed by atoms with Crippen LogP contribution in [-0.2, 0) is 4.79 Å². The fourth-order valence-corrected chi connectivity index (χ4v) is 1.56. The topological polar surface area (TPSA) is 75.6 Å². The zero-order valence-electron chi connectivity index (χ0n) is 10.1. The van der Waals surface area contributed by atoms with Gasteiger partial charge in [0.2, 0.25) is 0 Å². The summed E-state index contributed by atoms with van der Waals surface area (Å²) >= 11 is 5.88. The number of hydrogen-bond acceptors (Lipinski definition) is 3. The molecular weight excluding hydrogens is 258 g/mol. The van der Waals surface area contributed by atoms with E-state index in [9.17, 15) is 9.59 Å². The van der Waals surface area contributed by atoms with Crippen LogP contribution in [0.5, 0.6) is 5.75 Å². The molecular formula is C12H14ClNO4. The third kappa shape index (κ3) is 3.37. The molecule has 1 atom stereocenters. The van der Waals surface area contributed by atoms with Gasteiger partial charge in [-0.2, -0.15) is 0 Å². The number of carboxylic acids is 1. The van der Waals surface area contributed by atoms with Gasteiger partial charge in [-0.1, -0.05) is 17.7 Å². The Balaban J connectivity index is 2.96. The molecule has 0 saturated heterocycles. The minimum Gasteiger partial charge on any atom is -0.478 e. The summed E-state index contributed by atoms with van der Waals surface area (Å²) in [6, 6.07) is 4.39. The average Bonchev–Trinajstić information content (AvgIpc) is 2.31. The van der Waals surface area contributed by atoms with Crippen LogP contribution in [0.4, 0.5) is 0 Å². The molecule has 6 heteroatoms.